The number of fused-ring (bicyclic) bond motifs is 1. The topological polar surface area (TPSA) is 298 Å². The molecule has 0 aliphatic carbocycles. The molecule has 4 aromatic carbocycles. The molecule has 2 aromatic heterocycles. The first-order valence-electron chi connectivity index (χ1n) is 28.5. The third-order valence-corrected chi connectivity index (χ3v) is 16.2. The summed E-state index contributed by atoms with van der Waals surface area (Å²) in [7, 11) is 9.78. The molecule has 6 aromatic rings. The molecule has 0 bridgehead atoms. The number of nitrogens with one attached hydrogen (secondary N) is 5. The molecule has 0 unspecified atom stereocenters. The Morgan fingerprint density at radius 1 is 0.895 bits per heavy atom. The van der Waals surface area contributed by atoms with Gasteiger partial charge in [-0.05, 0) is 148 Å². The minimum atomic E-state index is -1.06. The molecule has 452 valence electrons. The van der Waals surface area contributed by atoms with Crippen molar-refractivity contribution >= 4 is 64.2 Å². The summed E-state index contributed by atoms with van der Waals surface area (Å²) in [6.45, 7) is 9.09. The Morgan fingerprint density at radius 2 is 1.62 bits per heavy atom. The number of primary amides is 1. The van der Waals surface area contributed by atoms with Crippen molar-refractivity contribution in [3.8, 4) is 23.1 Å². The lowest BCUT2D eigenvalue weighted by Gasteiger charge is -2.38. The number of benzene rings is 4. The molecule has 7 rings (SSSR count). The molecule has 1 aliphatic heterocycles. The largest absolute Gasteiger partial charge is 0.508 e. The molecule has 8 N–H and O–H groups in total. The van der Waals surface area contributed by atoms with Crippen molar-refractivity contribution in [2.24, 2.45) is 30.9 Å². The molecule has 0 saturated heterocycles. The Balaban J connectivity index is 1.09. The highest BCUT2D eigenvalue weighted by molar-refractivity contribution is 6.31. The molecular formula is C63H77ClN15O7+. The second-order valence-corrected chi connectivity index (χ2v) is 23.2. The van der Waals surface area contributed by atoms with Crippen LogP contribution in [0.2, 0.25) is 5.02 Å². The number of hydrogen-bond acceptors (Lipinski definition) is 10. The Kier molecular flexibility index (Phi) is 21.5. The van der Waals surface area contributed by atoms with Crippen LogP contribution in [0.1, 0.15) is 99.6 Å². The van der Waals surface area contributed by atoms with Crippen LogP contribution in [-0.2, 0) is 54.5 Å². The van der Waals surface area contributed by atoms with Gasteiger partial charge in [-0.2, -0.15) is 5.26 Å². The van der Waals surface area contributed by atoms with Crippen LogP contribution in [0.25, 0.3) is 21.7 Å². The van der Waals surface area contributed by atoms with Gasteiger partial charge in [0.15, 0.2) is 0 Å². The Bertz CT molecular complexity index is 3600. The van der Waals surface area contributed by atoms with Gasteiger partial charge in [0.05, 0.1) is 31.9 Å². The van der Waals surface area contributed by atoms with Gasteiger partial charge in [-0.25, -0.2) is 4.79 Å². The number of halogens is 1. The van der Waals surface area contributed by atoms with Crippen LogP contribution >= 0.6 is 11.6 Å². The second-order valence-electron chi connectivity index (χ2n) is 22.8. The second kappa shape index (κ2) is 28.6. The summed E-state index contributed by atoms with van der Waals surface area (Å²) in [6.07, 6.45) is 2.57. The molecular weight excluding hydrogens is 1110 g/mol. The fraction of sp³-hybridized carbons (Fsp3) is 0.381. The van der Waals surface area contributed by atoms with Gasteiger partial charge in [0.1, 0.15) is 42.7 Å². The van der Waals surface area contributed by atoms with E-state index >= 15 is 9.59 Å². The van der Waals surface area contributed by atoms with Gasteiger partial charge in [0.25, 0.3) is 11.8 Å². The zero-order valence-corrected chi connectivity index (χ0v) is 51.0. The van der Waals surface area contributed by atoms with Gasteiger partial charge in [-0.3, -0.25) is 28.9 Å². The molecule has 1 aliphatic rings. The standard InChI is InChI=1S/C63H76ClN15O7/c1-38(2)58(73-57(81)35-70-74-67)60(83)72-54(17-12-26-69-63(66)86)59(82)71-46-20-18-43(44(28-46)34-68-5)37-79(8,9)27-13-16-48-29-41-14-10-11-15-42(41)36-77(48)61(84)51-25-19-45(64)30-53(51)56-32-52(39(3)76(56)7)62(85)78(47-21-23-50(80)24-22-47)55-31-49(33-65)75(6)40(55)4/h10-11,14-15,18-25,28,30-32,38,48,54,58,68H,12-13,16-17,26-27,29,34-37H2,1-9H3,(H6-,66,69,71,72,73,80,81,82,83,86)/p+1/t48-,54+,58+/m1/s1. The number of phenolic OH excluding ortho intramolecular Hbond substituents is 1. The first-order chi connectivity index (χ1) is 40.9. The maximum atomic E-state index is 15.4. The molecule has 23 heteroatoms. The van der Waals surface area contributed by atoms with E-state index in [1.54, 1.807) is 67.9 Å². The van der Waals surface area contributed by atoms with E-state index in [-0.39, 0.29) is 42.5 Å². The third kappa shape index (κ3) is 15.6. The maximum Gasteiger partial charge on any atom is 0.312 e. The van der Waals surface area contributed by atoms with Crippen LogP contribution in [0.5, 0.6) is 5.75 Å². The highest BCUT2D eigenvalue weighted by Crippen LogP contribution is 2.38. The average Bonchev–Trinajstić information content (AvgIpc) is 2.76. The van der Waals surface area contributed by atoms with Crippen molar-refractivity contribution in [2.45, 2.75) is 97.6 Å². The molecule has 7 amide bonds. The van der Waals surface area contributed by atoms with Gasteiger partial charge in [0.2, 0.25) is 17.7 Å². The predicted molar refractivity (Wildman–Crippen MR) is 331 cm³/mol. The zero-order valence-electron chi connectivity index (χ0n) is 50.2. The molecule has 0 radical (unpaired) electrons. The first-order valence-corrected chi connectivity index (χ1v) is 28.9. The number of urea groups is 1. The van der Waals surface area contributed by atoms with E-state index in [0.29, 0.717) is 105 Å². The van der Waals surface area contributed by atoms with Crippen molar-refractivity contribution in [1.82, 2.24) is 35.3 Å². The molecule has 86 heavy (non-hydrogen) atoms. The van der Waals surface area contributed by atoms with E-state index < -0.39 is 42.4 Å². The van der Waals surface area contributed by atoms with Crippen LogP contribution in [0.4, 0.5) is 21.9 Å². The third-order valence-electron chi connectivity index (χ3n) is 15.9. The first kappa shape index (κ1) is 64.4. The highest BCUT2D eigenvalue weighted by Gasteiger charge is 2.35. The van der Waals surface area contributed by atoms with Crippen molar-refractivity contribution in [3.63, 3.8) is 0 Å². The van der Waals surface area contributed by atoms with E-state index in [0.717, 1.165) is 29.7 Å². The summed E-state index contributed by atoms with van der Waals surface area (Å²) >= 11 is 6.78. The van der Waals surface area contributed by atoms with Crippen LogP contribution in [0, 0.1) is 31.1 Å². The van der Waals surface area contributed by atoms with Crippen molar-refractivity contribution in [2.75, 3.05) is 51.0 Å². The molecule has 0 spiro atoms. The highest BCUT2D eigenvalue weighted by atomic mass is 35.5. The minimum Gasteiger partial charge on any atom is -0.508 e. The van der Waals surface area contributed by atoms with Crippen LogP contribution in [0.3, 0.4) is 0 Å². The SMILES string of the molecule is CNCc1cc(NC(=O)[C@H](CCCNC(N)=O)NC(=O)[C@@H](NC(=O)CN=[N+]=[N-])C(C)C)ccc1C[N+](C)(C)CCC[C@@H]1Cc2ccccc2CN1C(=O)c1ccc(Cl)cc1-c1cc(C(=O)N(c2ccc(O)cc2)c2cc(C#N)n(C)c2C)c(C)n1C. The average molecular weight is 1190 g/mol. The van der Waals surface area contributed by atoms with Crippen molar-refractivity contribution in [3.05, 3.63) is 163 Å². The summed E-state index contributed by atoms with van der Waals surface area (Å²) in [5.41, 5.74) is 23.3. The van der Waals surface area contributed by atoms with Gasteiger partial charge >= 0.3 is 6.03 Å². The van der Waals surface area contributed by atoms with Crippen LogP contribution < -0.4 is 37.2 Å². The van der Waals surface area contributed by atoms with Crippen molar-refractivity contribution < 1.29 is 38.4 Å². The Morgan fingerprint density at radius 3 is 2.28 bits per heavy atom. The van der Waals surface area contributed by atoms with Crippen LogP contribution in [-0.4, -0.2) is 118 Å². The Hall–Kier alpha value is -9.13. The van der Waals surface area contributed by atoms with Gasteiger partial charge < -0.3 is 55.9 Å². The quantitative estimate of drug-likeness (QED) is 0.00949. The van der Waals surface area contributed by atoms with Crippen molar-refractivity contribution in [1.29, 1.82) is 5.26 Å². The number of nitriles is 1. The van der Waals surface area contributed by atoms with Gasteiger partial charge in [0, 0.05) is 94.9 Å². The summed E-state index contributed by atoms with van der Waals surface area (Å²) < 4.78 is 4.22. The van der Waals surface area contributed by atoms with E-state index in [2.05, 4.69) is 68.9 Å². The van der Waals surface area contributed by atoms with E-state index in [1.165, 1.54) is 22.6 Å². The maximum absolute atomic E-state index is 15.4. The summed E-state index contributed by atoms with van der Waals surface area (Å²) in [4.78, 5) is 88.0. The number of phenols is 1. The van der Waals surface area contributed by atoms with E-state index in [9.17, 15) is 29.5 Å². The number of carbonyl (C=O) groups excluding carboxylic acids is 6. The molecule has 22 nitrogen and oxygen atoms in total. The smallest absolute Gasteiger partial charge is 0.312 e. The number of nitrogens with zero attached hydrogens (tertiary/aromatic N) is 9. The predicted octanol–water partition coefficient (Wildman–Crippen LogP) is 8.52. The van der Waals surface area contributed by atoms with E-state index in [4.69, 9.17) is 22.9 Å². The number of azide groups is 1. The Labute approximate surface area is 506 Å². The summed E-state index contributed by atoms with van der Waals surface area (Å²) in [5.74, 6) is -2.65. The number of aromatic nitrogens is 2. The summed E-state index contributed by atoms with van der Waals surface area (Å²) in [5, 5.41) is 37.9. The number of carbonyl (C=O) groups is 6. The number of amides is 7. The number of hydrogen-bond donors (Lipinski definition) is 7. The lowest BCUT2D eigenvalue weighted by molar-refractivity contribution is -0.903. The lowest BCUT2D eigenvalue weighted by atomic mass is 9.90. The van der Waals surface area contributed by atoms with E-state index in [1.807, 2.05) is 67.7 Å². The van der Waals surface area contributed by atoms with Gasteiger partial charge in [-0.1, -0.05) is 60.9 Å². The molecule has 3 atom stereocenters. The zero-order chi connectivity index (χ0) is 62.6. The van der Waals surface area contributed by atoms with Gasteiger partial charge in [-0.15, -0.1) is 0 Å². The number of anilines is 3. The number of quaternary nitrogens is 1. The number of nitrogens with two attached hydrogens (primary N) is 1. The fourth-order valence-electron chi connectivity index (χ4n) is 11.1. The lowest BCUT2D eigenvalue weighted by Crippen LogP contribution is -2.55. The molecule has 0 fully saturated rings. The van der Waals surface area contributed by atoms with Crippen LogP contribution in [0.15, 0.2) is 102 Å². The monoisotopic (exact) mass is 1190 g/mol. The minimum absolute atomic E-state index is 0.0335. The number of rotatable bonds is 25. The number of aromatic hydroxyl groups is 1. The fourth-order valence-corrected chi connectivity index (χ4v) is 11.2. The normalized spacial score (nSPS) is 13.6. The summed E-state index contributed by atoms with van der Waals surface area (Å²) in [6, 6.07) is 28.1. The molecule has 3 heterocycles. The molecule has 0 saturated carbocycles.